The van der Waals surface area contributed by atoms with Gasteiger partial charge in [-0.2, -0.15) is 0 Å². The highest BCUT2D eigenvalue weighted by atomic mass is 16.3. The number of ketones is 1. The number of nitrogens with zero attached hydrogens (tertiary/aromatic N) is 1. The molecule has 3 heteroatoms. The zero-order valence-corrected chi connectivity index (χ0v) is 10.8. The first-order chi connectivity index (χ1) is 7.47. The van der Waals surface area contributed by atoms with E-state index in [-0.39, 0.29) is 5.78 Å². The predicted octanol–water partition coefficient (Wildman–Crippen LogP) is 3.66. The van der Waals surface area contributed by atoms with Gasteiger partial charge in [-0.25, -0.2) is 4.98 Å². The highest BCUT2D eigenvalue weighted by molar-refractivity contribution is 5.91. The number of hydrogen-bond donors (Lipinski definition) is 0. The summed E-state index contributed by atoms with van der Waals surface area (Å²) in [6.07, 6.45) is 2.45. The molecule has 0 radical (unpaired) electrons. The molecular formula is C13H21NO2. The van der Waals surface area contributed by atoms with Crippen molar-refractivity contribution in [2.24, 2.45) is 11.8 Å². The molecule has 3 nitrogen and oxygen atoms in total. The molecule has 0 fully saturated rings. The zero-order chi connectivity index (χ0) is 12.3. The number of rotatable bonds is 5. The Bertz CT molecular complexity index is 355. The van der Waals surface area contributed by atoms with Crippen LogP contribution in [0, 0.1) is 11.8 Å². The second-order valence-corrected chi connectivity index (χ2v) is 4.75. The van der Waals surface area contributed by atoms with Gasteiger partial charge in [0.15, 0.2) is 11.7 Å². The van der Waals surface area contributed by atoms with E-state index in [1.165, 1.54) is 13.2 Å². The van der Waals surface area contributed by atoms with Crippen LogP contribution < -0.4 is 0 Å². The highest BCUT2D eigenvalue weighted by Gasteiger charge is 2.25. The van der Waals surface area contributed by atoms with Crippen molar-refractivity contribution in [1.29, 1.82) is 0 Å². The molecule has 0 spiro atoms. The molecule has 1 heterocycles. The Morgan fingerprint density at radius 2 is 2.06 bits per heavy atom. The SMILES string of the molecule is CC[C@@H](c1nc(C(C)=O)co1)[C@@H](C)C(C)C. The highest BCUT2D eigenvalue weighted by Crippen LogP contribution is 2.32. The van der Waals surface area contributed by atoms with Gasteiger partial charge in [-0.1, -0.05) is 27.7 Å². The standard InChI is InChI=1S/C13H21NO2/c1-6-11(9(4)8(2)3)13-14-12(7-16-13)10(5)15/h7-9,11H,6H2,1-5H3/t9-,11+/m0/s1. The minimum atomic E-state index is -0.0398. The first kappa shape index (κ1) is 12.9. The Morgan fingerprint density at radius 3 is 2.44 bits per heavy atom. The molecule has 0 bridgehead atoms. The topological polar surface area (TPSA) is 43.1 Å². The molecule has 0 N–H and O–H groups in total. The minimum Gasteiger partial charge on any atom is -0.448 e. The van der Waals surface area contributed by atoms with Gasteiger partial charge in [-0.3, -0.25) is 4.79 Å². The van der Waals surface area contributed by atoms with Gasteiger partial charge in [0.25, 0.3) is 0 Å². The van der Waals surface area contributed by atoms with E-state index in [0.29, 0.717) is 29.3 Å². The Labute approximate surface area is 97.3 Å². The number of oxazole rings is 1. The van der Waals surface area contributed by atoms with Crippen molar-refractivity contribution in [3.63, 3.8) is 0 Å². The number of carbonyl (C=O) groups is 1. The van der Waals surface area contributed by atoms with Crippen molar-refractivity contribution in [3.05, 3.63) is 17.8 Å². The fourth-order valence-corrected chi connectivity index (χ4v) is 1.86. The van der Waals surface area contributed by atoms with E-state index >= 15 is 0 Å². The molecule has 0 aromatic carbocycles. The summed E-state index contributed by atoms with van der Waals surface area (Å²) < 4.78 is 5.42. The van der Waals surface area contributed by atoms with Crippen molar-refractivity contribution in [3.8, 4) is 0 Å². The predicted molar refractivity (Wildman–Crippen MR) is 63.5 cm³/mol. The minimum absolute atomic E-state index is 0.0398. The van der Waals surface area contributed by atoms with Gasteiger partial charge in [0.2, 0.25) is 0 Å². The molecule has 0 aliphatic carbocycles. The summed E-state index contributed by atoms with van der Waals surface area (Å²) in [6.45, 7) is 10.2. The van der Waals surface area contributed by atoms with E-state index in [4.69, 9.17) is 4.42 Å². The summed E-state index contributed by atoms with van der Waals surface area (Å²) in [6, 6.07) is 0. The quantitative estimate of drug-likeness (QED) is 0.715. The number of hydrogen-bond acceptors (Lipinski definition) is 3. The van der Waals surface area contributed by atoms with E-state index < -0.39 is 0 Å². The molecule has 0 saturated heterocycles. The van der Waals surface area contributed by atoms with Crippen LogP contribution in [0.4, 0.5) is 0 Å². The van der Waals surface area contributed by atoms with Crippen LogP contribution in [0.1, 0.15) is 63.3 Å². The third kappa shape index (κ3) is 2.71. The Balaban J connectivity index is 2.91. The van der Waals surface area contributed by atoms with E-state index in [0.717, 1.165) is 6.42 Å². The van der Waals surface area contributed by atoms with Crippen molar-refractivity contribution >= 4 is 5.78 Å². The molecule has 0 aliphatic heterocycles. The number of Topliss-reactive ketones (excluding diaryl/α,β-unsaturated/α-hetero) is 1. The van der Waals surface area contributed by atoms with Gasteiger partial charge in [0.05, 0.1) is 0 Å². The second-order valence-electron chi connectivity index (χ2n) is 4.75. The molecule has 0 saturated carbocycles. The van der Waals surface area contributed by atoms with Crippen LogP contribution in [0.3, 0.4) is 0 Å². The lowest BCUT2D eigenvalue weighted by molar-refractivity contribution is 0.101. The van der Waals surface area contributed by atoms with E-state index in [9.17, 15) is 4.79 Å². The second kappa shape index (κ2) is 5.28. The third-order valence-corrected chi connectivity index (χ3v) is 3.33. The molecule has 0 unspecified atom stereocenters. The molecule has 90 valence electrons. The Morgan fingerprint density at radius 1 is 1.44 bits per heavy atom. The molecule has 2 atom stereocenters. The molecule has 0 aliphatic rings. The van der Waals surface area contributed by atoms with E-state index in [2.05, 4.69) is 32.7 Å². The average Bonchev–Trinajstić information content (AvgIpc) is 2.68. The maximum absolute atomic E-state index is 11.2. The van der Waals surface area contributed by atoms with Crippen LogP contribution in [-0.2, 0) is 0 Å². The summed E-state index contributed by atoms with van der Waals surface area (Å²) in [7, 11) is 0. The monoisotopic (exact) mass is 223 g/mol. The summed E-state index contributed by atoms with van der Waals surface area (Å²) in [5.74, 6) is 2.05. The summed E-state index contributed by atoms with van der Waals surface area (Å²) in [4.78, 5) is 15.4. The van der Waals surface area contributed by atoms with Crippen LogP contribution in [0.5, 0.6) is 0 Å². The van der Waals surface area contributed by atoms with Gasteiger partial charge >= 0.3 is 0 Å². The van der Waals surface area contributed by atoms with Crippen molar-refractivity contribution in [2.75, 3.05) is 0 Å². The summed E-state index contributed by atoms with van der Waals surface area (Å²) in [5, 5.41) is 0. The average molecular weight is 223 g/mol. The van der Waals surface area contributed by atoms with Crippen LogP contribution in [0.2, 0.25) is 0 Å². The Hall–Kier alpha value is -1.12. The normalized spacial score (nSPS) is 15.1. The third-order valence-electron chi connectivity index (χ3n) is 3.33. The van der Waals surface area contributed by atoms with Gasteiger partial charge < -0.3 is 4.42 Å². The molecule has 1 aromatic rings. The van der Waals surface area contributed by atoms with Gasteiger partial charge in [0.1, 0.15) is 12.0 Å². The first-order valence-electron chi connectivity index (χ1n) is 5.93. The van der Waals surface area contributed by atoms with Crippen molar-refractivity contribution in [1.82, 2.24) is 4.98 Å². The van der Waals surface area contributed by atoms with Gasteiger partial charge in [-0.15, -0.1) is 0 Å². The lowest BCUT2D eigenvalue weighted by Crippen LogP contribution is -2.15. The number of carbonyl (C=O) groups excluding carboxylic acids is 1. The largest absolute Gasteiger partial charge is 0.448 e. The van der Waals surface area contributed by atoms with Crippen molar-refractivity contribution in [2.45, 2.75) is 47.0 Å². The molecule has 1 rings (SSSR count). The van der Waals surface area contributed by atoms with E-state index in [1.807, 2.05) is 0 Å². The number of aromatic nitrogens is 1. The molecule has 1 aromatic heterocycles. The van der Waals surface area contributed by atoms with Gasteiger partial charge in [0, 0.05) is 12.8 Å². The summed E-state index contributed by atoms with van der Waals surface area (Å²) in [5.41, 5.74) is 0.435. The van der Waals surface area contributed by atoms with Crippen molar-refractivity contribution < 1.29 is 9.21 Å². The zero-order valence-electron chi connectivity index (χ0n) is 10.8. The van der Waals surface area contributed by atoms with Gasteiger partial charge in [-0.05, 0) is 18.3 Å². The van der Waals surface area contributed by atoms with E-state index in [1.54, 1.807) is 0 Å². The lowest BCUT2D eigenvalue weighted by atomic mass is 9.83. The molecular weight excluding hydrogens is 202 g/mol. The molecule has 16 heavy (non-hydrogen) atoms. The maximum atomic E-state index is 11.2. The van der Waals surface area contributed by atoms with Crippen LogP contribution in [-0.4, -0.2) is 10.8 Å². The fourth-order valence-electron chi connectivity index (χ4n) is 1.86. The Kier molecular flexibility index (Phi) is 4.27. The first-order valence-corrected chi connectivity index (χ1v) is 5.93. The lowest BCUT2D eigenvalue weighted by Gasteiger charge is -2.22. The van der Waals surface area contributed by atoms with Crippen LogP contribution in [0.25, 0.3) is 0 Å². The van der Waals surface area contributed by atoms with Crippen LogP contribution >= 0.6 is 0 Å². The maximum Gasteiger partial charge on any atom is 0.198 e. The van der Waals surface area contributed by atoms with Crippen LogP contribution in [0.15, 0.2) is 10.7 Å². The summed E-state index contributed by atoms with van der Waals surface area (Å²) >= 11 is 0. The fraction of sp³-hybridized carbons (Fsp3) is 0.692. The smallest absolute Gasteiger partial charge is 0.198 e. The molecule has 0 amide bonds.